The fourth-order valence-electron chi connectivity index (χ4n) is 6.98. The number of carbonyl (C=O) groups excluding carboxylic acids is 2. The Balaban J connectivity index is 1.82. The molecule has 2 aliphatic rings. The fraction of sp³-hybridized carbons (Fsp3) is 0.853. The largest absolute Gasteiger partial charge is 0.390 e. The second-order valence-electron chi connectivity index (χ2n) is 14.6. The SMILES string of the molecule is COC(C)(C)CN(CC1CCCCC1)C(=O)C[C@@H](Cc1csc(N)n1)C(=O)N[C@@H](CC1CCCCC1)[C@@H](O)[C@@H](O)CC(C)C. The number of amides is 2. The summed E-state index contributed by atoms with van der Waals surface area (Å²) < 4.78 is 5.71. The van der Waals surface area contributed by atoms with Crippen molar-refractivity contribution in [3.8, 4) is 0 Å². The van der Waals surface area contributed by atoms with E-state index in [0.29, 0.717) is 48.6 Å². The molecule has 10 heteroatoms. The summed E-state index contributed by atoms with van der Waals surface area (Å²) in [6.07, 6.45) is 10.8. The second kappa shape index (κ2) is 17.8. The number of nitrogen functional groups attached to an aromatic ring is 1. The molecule has 44 heavy (non-hydrogen) atoms. The van der Waals surface area contributed by atoms with Gasteiger partial charge in [-0.25, -0.2) is 4.98 Å². The van der Waals surface area contributed by atoms with Gasteiger partial charge in [0.15, 0.2) is 5.13 Å². The Morgan fingerprint density at radius 1 is 1.09 bits per heavy atom. The number of carbonyl (C=O) groups is 2. The van der Waals surface area contributed by atoms with E-state index in [-0.39, 0.29) is 30.6 Å². The number of methoxy groups -OCH3 is 1. The Kier molecular flexibility index (Phi) is 14.9. The third-order valence-electron chi connectivity index (χ3n) is 9.66. The van der Waals surface area contributed by atoms with Gasteiger partial charge in [-0.15, -0.1) is 11.3 Å². The monoisotopic (exact) mass is 636 g/mol. The summed E-state index contributed by atoms with van der Waals surface area (Å²) >= 11 is 1.32. The first kappa shape index (κ1) is 36.7. The summed E-state index contributed by atoms with van der Waals surface area (Å²) in [5.74, 6) is -0.0121. The molecule has 252 valence electrons. The predicted octanol–water partition coefficient (Wildman–Crippen LogP) is 5.33. The van der Waals surface area contributed by atoms with Crippen LogP contribution >= 0.6 is 11.3 Å². The molecule has 9 nitrogen and oxygen atoms in total. The zero-order chi connectivity index (χ0) is 32.3. The molecule has 0 radical (unpaired) electrons. The summed E-state index contributed by atoms with van der Waals surface area (Å²) in [7, 11) is 1.66. The molecule has 1 aromatic rings. The number of rotatable bonds is 17. The zero-order valence-electron chi connectivity index (χ0n) is 27.9. The van der Waals surface area contributed by atoms with E-state index in [1.807, 2.05) is 38.0 Å². The molecule has 0 aromatic carbocycles. The van der Waals surface area contributed by atoms with Crippen molar-refractivity contribution in [2.75, 3.05) is 25.9 Å². The smallest absolute Gasteiger partial charge is 0.224 e. The van der Waals surface area contributed by atoms with E-state index in [1.54, 1.807) is 7.11 Å². The van der Waals surface area contributed by atoms with Gasteiger partial charge in [-0.3, -0.25) is 9.59 Å². The van der Waals surface area contributed by atoms with Crippen molar-refractivity contribution in [3.63, 3.8) is 0 Å². The summed E-state index contributed by atoms with van der Waals surface area (Å²) in [6, 6.07) is -0.594. The Hall–Kier alpha value is -1.75. The number of hydrogen-bond donors (Lipinski definition) is 4. The number of thiazole rings is 1. The highest BCUT2D eigenvalue weighted by Gasteiger charge is 2.35. The maximum absolute atomic E-state index is 14.1. The van der Waals surface area contributed by atoms with Crippen molar-refractivity contribution in [1.29, 1.82) is 0 Å². The number of ether oxygens (including phenoxy) is 1. The van der Waals surface area contributed by atoms with Crippen LogP contribution in [0.4, 0.5) is 5.13 Å². The van der Waals surface area contributed by atoms with Crippen LogP contribution in [0.3, 0.4) is 0 Å². The molecule has 5 N–H and O–H groups in total. The standard InChI is InChI=1S/C34H60N4O5S/c1-23(2)16-29(39)31(41)28(17-24-12-8-6-9-13-24)37-32(42)26(18-27-21-44-33(35)36-27)19-30(40)38(22-34(3,4)43-5)20-25-14-10-7-11-15-25/h21,23-26,28-29,31,39,41H,6-20,22H2,1-5H3,(H2,35,36)(H,37,42)/t26-,28+,29+,31-/m1/s1. The molecule has 0 aliphatic heterocycles. The molecule has 0 saturated heterocycles. The second-order valence-corrected chi connectivity index (χ2v) is 15.5. The van der Waals surface area contributed by atoms with Crippen molar-refractivity contribution in [2.45, 2.75) is 141 Å². The molecule has 1 heterocycles. The third-order valence-corrected chi connectivity index (χ3v) is 10.4. The molecular formula is C34H60N4O5S. The van der Waals surface area contributed by atoms with Gasteiger partial charge in [-0.05, 0) is 57.3 Å². The number of aromatic nitrogens is 1. The minimum absolute atomic E-state index is 0.0244. The van der Waals surface area contributed by atoms with Gasteiger partial charge in [-0.2, -0.15) is 0 Å². The maximum Gasteiger partial charge on any atom is 0.224 e. The van der Waals surface area contributed by atoms with E-state index < -0.39 is 29.8 Å². The van der Waals surface area contributed by atoms with Crippen LogP contribution in [0.15, 0.2) is 5.38 Å². The highest BCUT2D eigenvalue weighted by molar-refractivity contribution is 7.13. The molecule has 1 aromatic heterocycles. The van der Waals surface area contributed by atoms with Gasteiger partial charge in [0, 0.05) is 38.4 Å². The lowest BCUT2D eigenvalue weighted by Crippen LogP contribution is -2.52. The summed E-state index contributed by atoms with van der Waals surface area (Å²) in [4.78, 5) is 34.4. The normalized spacial score (nSPS) is 19.8. The molecule has 3 rings (SSSR count). The highest BCUT2D eigenvalue weighted by atomic mass is 32.1. The number of hydrogen-bond acceptors (Lipinski definition) is 8. The third kappa shape index (κ3) is 12.2. The molecule has 0 spiro atoms. The Morgan fingerprint density at radius 3 is 2.25 bits per heavy atom. The maximum atomic E-state index is 14.1. The minimum Gasteiger partial charge on any atom is -0.390 e. The van der Waals surface area contributed by atoms with E-state index in [1.165, 1.54) is 37.0 Å². The summed E-state index contributed by atoms with van der Waals surface area (Å²) in [6.45, 7) is 9.09. The lowest BCUT2D eigenvalue weighted by molar-refractivity contribution is -0.140. The Labute approximate surface area is 269 Å². The molecule has 2 saturated carbocycles. The van der Waals surface area contributed by atoms with Gasteiger partial charge >= 0.3 is 0 Å². The first-order valence-corrected chi connectivity index (χ1v) is 17.9. The average Bonchev–Trinajstić information content (AvgIpc) is 3.40. The van der Waals surface area contributed by atoms with Crippen LogP contribution in [-0.4, -0.2) is 76.0 Å². The first-order chi connectivity index (χ1) is 20.9. The van der Waals surface area contributed by atoms with Crippen LogP contribution in [0.1, 0.15) is 117 Å². The molecular weight excluding hydrogens is 576 g/mol. The van der Waals surface area contributed by atoms with E-state index in [4.69, 9.17) is 10.5 Å². The van der Waals surface area contributed by atoms with Crippen LogP contribution in [0, 0.1) is 23.7 Å². The topological polar surface area (TPSA) is 138 Å². The zero-order valence-corrected chi connectivity index (χ0v) is 28.7. The lowest BCUT2D eigenvalue weighted by atomic mass is 9.82. The van der Waals surface area contributed by atoms with E-state index in [2.05, 4.69) is 10.3 Å². The van der Waals surface area contributed by atoms with Crippen molar-refractivity contribution < 1.29 is 24.5 Å². The molecule has 4 atom stereocenters. The molecule has 0 bridgehead atoms. The summed E-state index contributed by atoms with van der Waals surface area (Å²) in [5.41, 5.74) is 6.08. The first-order valence-electron chi connectivity index (χ1n) is 17.1. The van der Waals surface area contributed by atoms with Crippen LogP contribution in [0.2, 0.25) is 0 Å². The number of nitrogens with one attached hydrogen (secondary N) is 1. The van der Waals surface area contributed by atoms with Gasteiger partial charge in [0.2, 0.25) is 11.8 Å². The van der Waals surface area contributed by atoms with E-state index >= 15 is 0 Å². The van der Waals surface area contributed by atoms with Crippen molar-refractivity contribution >= 4 is 28.3 Å². The van der Waals surface area contributed by atoms with Gasteiger partial charge in [0.25, 0.3) is 0 Å². The quantitative estimate of drug-likeness (QED) is 0.181. The minimum atomic E-state index is -1.08. The van der Waals surface area contributed by atoms with Crippen LogP contribution < -0.4 is 11.1 Å². The van der Waals surface area contributed by atoms with Gasteiger partial charge in [0.1, 0.15) is 6.10 Å². The highest BCUT2D eigenvalue weighted by Crippen LogP contribution is 2.30. The molecule has 2 aliphatic carbocycles. The lowest BCUT2D eigenvalue weighted by Gasteiger charge is -2.36. The molecule has 2 fully saturated rings. The fourth-order valence-corrected chi connectivity index (χ4v) is 7.56. The number of nitrogens with zero attached hydrogens (tertiary/aromatic N) is 2. The van der Waals surface area contributed by atoms with Crippen molar-refractivity contribution in [1.82, 2.24) is 15.2 Å². The Morgan fingerprint density at radius 2 is 1.70 bits per heavy atom. The molecule has 2 amide bonds. The predicted molar refractivity (Wildman–Crippen MR) is 177 cm³/mol. The van der Waals surface area contributed by atoms with Crippen molar-refractivity contribution in [2.24, 2.45) is 23.7 Å². The average molecular weight is 637 g/mol. The number of nitrogens with two attached hydrogens (primary N) is 1. The summed E-state index contributed by atoms with van der Waals surface area (Å²) in [5, 5.41) is 27.6. The number of aliphatic hydroxyl groups is 2. The van der Waals surface area contributed by atoms with Gasteiger partial charge in [0.05, 0.1) is 29.4 Å². The van der Waals surface area contributed by atoms with Gasteiger partial charge < -0.3 is 30.9 Å². The van der Waals surface area contributed by atoms with Gasteiger partial charge in [-0.1, -0.05) is 65.2 Å². The van der Waals surface area contributed by atoms with Crippen LogP contribution in [0.5, 0.6) is 0 Å². The van der Waals surface area contributed by atoms with Crippen molar-refractivity contribution in [3.05, 3.63) is 11.1 Å². The van der Waals surface area contributed by atoms with Crippen LogP contribution in [0.25, 0.3) is 0 Å². The number of anilines is 1. The Bertz CT molecular complexity index is 1010. The molecule has 0 unspecified atom stereocenters. The number of aliphatic hydroxyl groups excluding tert-OH is 2. The van der Waals surface area contributed by atoms with E-state index in [9.17, 15) is 19.8 Å². The van der Waals surface area contributed by atoms with Crippen LogP contribution in [-0.2, 0) is 20.7 Å². The van der Waals surface area contributed by atoms with E-state index in [0.717, 1.165) is 38.5 Å².